The minimum absolute atomic E-state index is 0.0157. The average molecular weight is 551 g/mol. The summed E-state index contributed by atoms with van der Waals surface area (Å²) in [5.74, 6) is 1.43. The van der Waals surface area contributed by atoms with E-state index in [1.807, 2.05) is 0 Å². The molecule has 8 fully saturated rings. The molecular formula is C29H50N4O6. The molecule has 8 rings (SSSR count). The minimum atomic E-state index is -0.633. The van der Waals surface area contributed by atoms with Crippen LogP contribution in [0.25, 0.3) is 0 Å². The summed E-state index contributed by atoms with van der Waals surface area (Å²) in [4.78, 5) is 30.8. The molecule has 0 saturated heterocycles. The number of hydrogen-bond acceptors (Lipinski definition) is 8. The smallest absolute Gasteiger partial charge is 0.294 e. The Morgan fingerprint density at radius 3 is 1.44 bits per heavy atom. The molecule has 4 N–H and O–H groups in total. The van der Waals surface area contributed by atoms with E-state index >= 15 is 0 Å². The summed E-state index contributed by atoms with van der Waals surface area (Å²) in [6.45, 7) is 6.58. The fourth-order valence-electron chi connectivity index (χ4n) is 12.4. The van der Waals surface area contributed by atoms with Gasteiger partial charge in [0, 0.05) is 0 Å². The van der Waals surface area contributed by atoms with Gasteiger partial charge in [0.2, 0.25) is 0 Å². The van der Waals surface area contributed by atoms with Crippen LogP contribution in [0.15, 0.2) is 0 Å². The number of nitrogens with two attached hydrogens (primary N) is 2. The van der Waals surface area contributed by atoms with Gasteiger partial charge in [-0.05, 0) is 141 Å². The fourth-order valence-corrected chi connectivity index (χ4v) is 12.4. The van der Waals surface area contributed by atoms with Crippen molar-refractivity contribution in [2.75, 3.05) is 26.3 Å². The van der Waals surface area contributed by atoms with E-state index in [9.17, 15) is 20.2 Å². The maximum Gasteiger partial charge on any atom is 0.294 e. The third-order valence-electron chi connectivity index (χ3n) is 12.4. The Bertz CT molecular complexity index is 944. The van der Waals surface area contributed by atoms with Gasteiger partial charge in [-0.1, -0.05) is 26.7 Å². The largest absolute Gasteiger partial charge is 0.330 e. The Morgan fingerprint density at radius 2 is 1.00 bits per heavy atom. The van der Waals surface area contributed by atoms with E-state index in [0.717, 1.165) is 64.0 Å². The highest BCUT2D eigenvalue weighted by Crippen LogP contribution is 2.72. The zero-order chi connectivity index (χ0) is 28.2. The van der Waals surface area contributed by atoms with Crippen LogP contribution >= 0.6 is 0 Å². The van der Waals surface area contributed by atoms with Crippen molar-refractivity contribution in [2.45, 2.75) is 110 Å². The molecule has 10 nitrogen and oxygen atoms in total. The molecular weight excluding hydrogens is 500 g/mol. The second-order valence-corrected chi connectivity index (χ2v) is 15.5. The van der Waals surface area contributed by atoms with E-state index in [2.05, 4.69) is 13.8 Å². The summed E-state index contributed by atoms with van der Waals surface area (Å²) in [5, 5.41) is 19.9. The van der Waals surface area contributed by atoms with Crippen LogP contribution in [0.3, 0.4) is 0 Å². The van der Waals surface area contributed by atoms with Gasteiger partial charge in [-0.25, -0.2) is 0 Å². The van der Waals surface area contributed by atoms with Gasteiger partial charge in [0.25, 0.3) is 10.2 Å². The standard InChI is InChI=1S/C15H26N2O3.C14H24N2O3/c1-2-13-5-12-6-14(8-13,3-4-16)10-15(7-12,9-13)11-20-17(18)19;1-2-12-3-11-4-13(6-12,9-15)8-14(5-11,7-12)10-19-16(17)18/h12H,2-11,16H2,1H3;11H,2-10,15H2,1H3. The van der Waals surface area contributed by atoms with Crippen molar-refractivity contribution in [1.82, 2.24) is 0 Å². The first kappa shape index (κ1) is 28.8. The molecule has 8 atom stereocenters. The van der Waals surface area contributed by atoms with Gasteiger partial charge in [0.05, 0.1) is 0 Å². The highest BCUT2D eigenvalue weighted by atomic mass is 17.0. The summed E-state index contributed by atoms with van der Waals surface area (Å²) >= 11 is 0. The molecule has 0 aliphatic heterocycles. The molecule has 0 aromatic carbocycles. The van der Waals surface area contributed by atoms with E-state index in [0.29, 0.717) is 28.8 Å². The lowest BCUT2D eigenvalue weighted by atomic mass is 9.38. The van der Waals surface area contributed by atoms with Crippen LogP contribution in [-0.2, 0) is 9.68 Å². The molecule has 8 aliphatic carbocycles. The van der Waals surface area contributed by atoms with Crippen LogP contribution in [0.5, 0.6) is 0 Å². The van der Waals surface area contributed by atoms with Crippen LogP contribution in [0.2, 0.25) is 0 Å². The van der Waals surface area contributed by atoms with E-state index in [-0.39, 0.29) is 22.9 Å². The van der Waals surface area contributed by atoms with Crippen LogP contribution in [0, 0.1) is 64.6 Å². The summed E-state index contributed by atoms with van der Waals surface area (Å²) in [6, 6.07) is 0. The quantitative estimate of drug-likeness (QED) is 0.255. The van der Waals surface area contributed by atoms with Crippen LogP contribution in [0.4, 0.5) is 0 Å². The lowest BCUT2D eigenvalue weighted by molar-refractivity contribution is -0.761. The normalized spacial score (nSPS) is 46.5. The van der Waals surface area contributed by atoms with Crippen molar-refractivity contribution in [2.24, 2.45) is 55.8 Å². The van der Waals surface area contributed by atoms with Gasteiger partial charge in [0.1, 0.15) is 13.2 Å². The van der Waals surface area contributed by atoms with Crippen LogP contribution in [0.1, 0.15) is 110 Å². The van der Waals surface area contributed by atoms with Crippen molar-refractivity contribution < 1.29 is 19.8 Å². The summed E-state index contributed by atoms with van der Waals surface area (Å²) in [5.41, 5.74) is 13.3. The average Bonchev–Trinajstić information content (AvgIpc) is 2.85. The Morgan fingerprint density at radius 1 is 0.641 bits per heavy atom. The Kier molecular flexibility index (Phi) is 7.39. The first-order valence-corrected chi connectivity index (χ1v) is 15.3. The topological polar surface area (TPSA) is 157 Å². The van der Waals surface area contributed by atoms with Crippen molar-refractivity contribution in [3.63, 3.8) is 0 Å². The number of nitrogens with zero attached hydrogens (tertiary/aromatic N) is 2. The van der Waals surface area contributed by atoms with Gasteiger partial charge in [-0.3, -0.25) is 0 Å². The third-order valence-corrected chi connectivity index (χ3v) is 12.4. The molecule has 0 aromatic rings. The van der Waals surface area contributed by atoms with Gasteiger partial charge in [-0.15, -0.1) is 20.2 Å². The van der Waals surface area contributed by atoms with Crippen LogP contribution in [-0.4, -0.2) is 36.5 Å². The number of hydrogen-bond donors (Lipinski definition) is 2. The highest BCUT2D eigenvalue weighted by molar-refractivity contribution is 5.13. The second-order valence-electron chi connectivity index (χ2n) is 15.5. The molecule has 39 heavy (non-hydrogen) atoms. The maximum absolute atomic E-state index is 10.6. The minimum Gasteiger partial charge on any atom is -0.330 e. The van der Waals surface area contributed by atoms with Crippen molar-refractivity contribution in [3.8, 4) is 0 Å². The number of rotatable bonds is 11. The molecule has 0 amide bonds. The molecule has 8 saturated carbocycles. The third kappa shape index (κ3) is 5.36. The van der Waals surface area contributed by atoms with Gasteiger partial charge < -0.3 is 21.1 Å². The zero-order valence-electron chi connectivity index (χ0n) is 24.1. The first-order chi connectivity index (χ1) is 18.4. The first-order valence-electron chi connectivity index (χ1n) is 15.3. The van der Waals surface area contributed by atoms with Gasteiger partial charge in [-0.2, -0.15) is 0 Å². The molecule has 222 valence electrons. The van der Waals surface area contributed by atoms with E-state index in [1.165, 1.54) is 51.4 Å². The Labute approximate surface area is 232 Å². The highest BCUT2D eigenvalue weighted by Gasteiger charge is 2.63. The Hall–Kier alpha value is -1.68. The monoisotopic (exact) mass is 550 g/mol. The molecule has 0 aromatic heterocycles. The summed E-state index contributed by atoms with van der Waals surface area (Å²) < 4.78 is 0. The SMILES string of the molecule is CCC12CC3CC(CCN)(C1)CC(CO[N+](=O)[O-])(C3)C2.CCC12CC3CC(CN)(C1)CC(CO[N+](=O)[O-])(C3)C2. The lowest BCUT2D eigenvalue weighted by Crippen LogP contribution is -2.60. The Balaban J connectivity index is 0.000000158. The van der Waals surface area contributed by atoms with Crippen molar-refractivity contribution in [3.05, 3.63) is 20.2 Å². The fraction of sp³-hybridized carbons (Fsp3) is 1.00. The van der Waals surface area contributed by atoms with Crippen molar-refractivity contribution in [1.29, 1.82) is 0 Å². The van der Waals surface area contributed by atoms with E-state index in [4.69, 9.17) is 21.1 Å². The van der Waals surface area contributed by atoms with Gasteiger partial charge in [0.15, 0.2) is 0 Å². The molecule has 0 spiro atoms. The molecule has 8 bridgehead atoms. The van der Waals surface area contributed by atoms with Crippen LogP contribution < -0.4 is 11.5 Å². The van der Waals surface area contributed by atoms with Crippen molar-refractivity contribution >= 4 is 0 Å². The van der Waals surface area contributed by atoms with Gasteiger partial charge >= 0.3 is 0 Å². The molecule has 8 aliphatic rings. The molecule has 8 unspecified atom stereocenters. The van der Waals surface area contributed by atoms with E-state index in [1.54, 1.807) is 0 Å². The predicted molar refractivity (Wildman–Crippen MR) is 146 cm³/mol. The maximum atomic E-state index is 10.6. The van der Waals surface area contributed by atoms with E-state index < -0.39 is 10.2 Å². The molecule has 10 heteroatoms. The second kappa shape index (κ2) is 10.00. The predicted octanol–water partition coefficient (Wildman–Crippen LogP) is 5.43. The summed E-state index contributed by atoms with van der Waals surface area (Å²) in [6.07, 6.45) is 17.6. The zero-order valence-corrected chi connectivity index (χ0v) is 24.1. The molecule has 0 heterocycles. The molecule has 0 radical (unpaired) electrons. The summed E-state index contributed by atoms with van der Waals surface area (Å²) in [7, 11) is 0. The lowest BCUT2D eigenvalue weighted by Gasteiger charge is -2.67.